The third kappa shape index (κ3) is 3.06. The topological polar surface area (TPSA) is 43.4 Å². The first-order valence-corrected chi connectivity index (χ1v) is 4.64. The molecule has 0 radical (unpaired) electrons. The highest BCUT2D eigenvalue weighted by atomic mass is 16.5. The minimum atomic E-state index is -0.454. The highest BCUT2D eigenvalue weighted by molar-refractivity contribution is 6.07. The van der Waals surface area contributed by atoms with Crippen LogP contribution < -0.4 is 0 Å². The lowest BCUT2D eigenvalue weighted by molar-refractivity contribution is -0.138. The van der Waals surface area contributed by atoms with Gasteiger partial charge < -0.3 is 4.74 Å². The van der Waals surface area contributed by atoms with E-state index in [9.17, 15) is 9.59 Å². The highest BCUT2D eigenvalue weighted by Gasteiger charge is 2.13. The molecule has 0 aliphatic heterocycles. The predicted molar refractivity (Wildman–Crippen MR) is 56.3 cm³/mol. The molecule has 0 atom stereocenters. The molecule has 3 heteroatoms. The van der Waals surface area contributed by atoms with E-state index in [1.807, 2.05) is 0 Å². The molecule has 1 aromatic rings. The van der Waals surface area contributed by atoms with Crippen LogP contribution in [0.15, 0.2) is 42.7 Å². The third-order valence-electron chi connectivity index (χ3n) is 1.81. The first-order valence-electron chi connectivity index (χ1n) is 4.64. The molecule has 0 aliphatic carbocycles. The minimum absolute atomic E-state index is 0.131. The van der Waals surface area contributed by atoms with Crippen molar-refractivity contribution in [3.8, 4) is 0 Å². The van der Waals surface area contributed by atoms with Crippen molar-refractivity contribution in [1.82, 2.24) is 0 Å². The smallest absolute Gasteiger partial charge is 0.311 e. The summed E-state index contributed by atoms with van der Waals surface area (Å²) >= 11 is 0. The summed E-state index contributed by atoms with van der Waals surface area (Å²) in [6.45, 7) is 5.08. The van der Waals surface area contributed by atoms with E-state index >= 15 is 0 Å². The molecule has 0 unspecified atom stereocenters. The fraction of sp³-hybridized carbons (Fsp3) is 0.167. The number of rotatable bonds is 4. The summed E-state index contributed by atoms with van der Waals surface area (Å²) in [5, 5.41) is 0. The maximum Gasteiger partial charge on any atom is 0.311 e. The molecule has 3 nitrogen and oxygen atoms in total. The normalized spacial score (nSPS) is 9.40. The standard InChI is InChI=1S/C12H12O3/c1-3-11(13)15-9(2)12(14)10-7-5-4-6-8-10/h4-8H,2-3H2,1H3. The van der Waals surface area contributed by atoms with Gasteiger partial charge in [0.25, 0.3) is 0 Å². The van der Waals surface area contributed by atoms with E-state index in [1.54, 1.807) is 37.3 Å². The molecule has 78 valence electrons. The van der Waals surface area contributed by atoms with E-state index < -0.39 is 5.97 Å². The molecule has 0 aromatic heterocycles. The lowest BCUT2D eigenvalue weighted by atomic mass is 10.1. The van der Waals surface area contributed by atoms with Crippen LogP contribution in [0.4, 0.5) is 0 Å². The Morgan fingerprint density at radius 2 is 1.87 bits per heavy atom. The summed E-state index contributed by atoms with van der Waals surface area (Å²) in [6, 6.07) is 8.57. The summed E-state index contributed by atoms with van der Waals surface area (Å²) in [7, 11) is 0. The summed E-state index contributed by atoms with van der Waals surface area (Å²) in [4.78, 5) is 22.5. The Morgan fingerprint density at radius 1 is 1.27 bits per heavy atom. The monoisotopic (exact) mass is 204 g/mol. The first-order chi connectivity index (χ1) is 7.15. The number of carbonyl (C=O) groups is 2. The average Bonchev–Trinajstić information content (AvgIpc) is 2.29. The van der Waals surface area contributed by atoms with Crippen LogP contribution in [0.1, 0.15) is 23.7 Å². The van der Waals surface area contributed by atoms with Crippen molar-refractivity contribution >= 4 is 11.8 Å². The van der Waals surface area contributed by atoms with Crippen LogP contribution in [-0.4, -0.2) is 11.8 Å². The van der Waals surface area contributed by atoms with E-state index in [2.05, 4.69) is 6.58 Å². The highest BCUT2D eigenvalue weighted by Crippen LogP contribution is 2.08. The number of Topliss-reactive ketones (excluding diaryl/α,β-unsaturated/α-hetero) is 1. The molecule has 0 aliphatic rings. The van der Waals surface area contributed by atoms with Gasteiger partial charge in [-0.2, -0.15) is 0 Å². The maximum atomic E-state index is 11.6. The molecule has 1 rings (SSSR count). The van der Waals surface area contributed by atoms with Gasteiger partial charge in [0.05, 0.1) is 0 Å². The number of esters is 1. The summed E-state index contributed by atoms with van der Waals surface area (Å²) in [5.74, 6) is -0.949. The zero-order valence-corrected chi connectivity index (χ0v) is 8.53. The van der Waals surface area contributed by atoms with Crippen molar-refractivity contribution in [2.45, 2.75) is 13.3 Å². The van der Waals surface area contributed by atoms with Gasteiger partial charge >= 0.3 is 5.97 Å². The van der Waals surface area contributed by atoms with E-state index in [4.69, 9.17) is 4.74 Å². The van der Waals surface area contributed by atoms with Crippen LogP contribution in [0.2, 0.25) is 0 Å². The van der Waals surface area contributed by atoms with Crippen molar-refractivity contribution in [3.63, 3.8) is 0 Å². The second-order valence-corrected chi connectivity index (χ2v) is 2.95. The lowest BCUT2D eigenvalue weighted by Crippen LogP contribution is -2.10. The SMILES string of the molecule is C=C(OC(=O)CC)C(=O)c1ccccc1. The van der Waals surface area contributed by atoms with Crippen LogP contribution in [0.3, 0.4) is 0 Å². The van der Waals surface area contributed by atoms with Gasteiger partial charge in [-0.3, -0.25) is 9.59 Å². The van der Waals surface area contributed by atoms with Crippen LogP contribution in [0.5, 0.6) is 0 Å². The van der Waals surface area contributed by atoms with Gasteiger partial charge in [0, 0.05) is 12.0 Å². The summed E-state index contributed by atoms with van der Waals surface area (Å²) < 4.78 is 4.73. The van der Waals surface area contributed by atoms with Crippen LogP contribution in [0, 0.1) is 0 Å². The first kappa shape index (κ1) is 11.2. The Kier molecular flexibility index (Phi) is 3.80. The van der Waals surface area contributed by atoms with Crippen molar-refractivity contribution in [2.24, 2.45) is 0 Å². The second kappa shape index (κ2) is 5.10. The number of allylic oxidation sites excluding steroid dienone is 1. The predicted octanol–water partition coefficient (Wildman–Crippen LogP) is 2.34. The quantitative estimate of drug-likeness (QED) is 0.327. The Labute approximate surface area is 88.4 Å². The molecule has 0 bridgehead atoms. The summed E-state index contributed by atoms with van der Waals surface area (Å²) in [5.41, 5.74) is 0.464. The van der Waals surface area contributed by atoms with Gasteiger partial charge in [-0.05, 0) is 0 Å². The number of carbonyl (C=O) groups excluding carboxylic acids is 2. The molecule has 0 spiro atoms. The second-order valence-electron chi connectivity index (χ2n) is 2.95. The molecular formula is C12H12O3. The number of ketones is 1. The van der Waals surface area contributed by atoms with Gasteiger partial charge in [0.1, 0.15) is 0 Å². The molecule has 0 saturated heterocycles. The largest absolute Gasteiger partial charge is 0.423 e. The number of hydrogen-bond acceptors (Lipinski definition) is 3. The van der Waals surface area contributed by atoms with Crippen molar-refractivity contribution in [2.75, 3.05) is 0 Å². The third-order valence-corrected chi connectivity index (χ3v) is 1.81. The zero-order chi connectivity index (χ0) is 11.3. The fourth-order valence-corrected chi connectivity index (χ4v) is 1.01. The van der Waals surface area contributed by atoms with E-state index in [0.717, 1.165) is 0 Å². The van der Waals surface area contributed by atoms with Crippen LogP contribution in [0.25, 0.3) is 0 Å². The van der Waals surface area contributed by atoms with Gasteiger partial charge in [-0.25, -0.2) is 0 Å². The molecule has 0 saturated carbocycles. The van der Waals surface area contributed by atoms with Crippen molar-refractivity contribution in [3.05, 3.63) is 48.2 Å². The molecule has 1 aromatic carbocycles. The van der Waals surface area contributed by atoms with Crippen LogP contribution in [-0.2, 0) is 9.53 Å². The van der Waals surface area contributed by atoms with Gasteiger partial charge in [-0.15, -0.1) is 0 Å². The van der Waals surface area contributed by atoms with Crippen molar-refractivity contribution in [1.29, 1.82) is 0 Å². The zero-order valence-electron chi connectivity index (χ0n) is 8.53. The van der Waals surface area contributed by atoms with Gasteiger partial charge in [0.2, 0.25) is 5.78 Å². The lowest BCUT2D eigenvalue weighted by Gasteiger charge is -2.04. The molecule has 0 heterocycles. The Hall–Kier alpha value is -1.90. The van der Waals surface area contributed by atoms with Crippen LogP contribution >= 0.6 is 0 Å². The number of ether oxygens (including phenoxy) is 1. The van der Waals surface area contributed by atoms with Gasteiger partial charge in [0.15, 0.2) is 5.76 Å². The molecular weight excluding hydrogens is 192 g/mol. The fourth-order valence-electron chi connectivity index (χ4n) is 1.01. The molecule has 15 heavy (non-hydrogen) atoms. The summed E-state index contributed by atoms with van der Waals surface area (Å²) in [6.07, 6.45) is 0.223. The van der Waals surface area contributed by atoms with Crippen molar-refractivity contribution < 1.29 is 14.3 Å². The maximum absolute atomic E-state index is 11.6. The Morgan fingerprint density at radius 3 is 2.40 bits per heavy atom. The molecule has 0 fully saturated rings. The number of benzene rings is 1. The molecule has 0 N–H and O–H groups in total. The van der Waals surface area contributed by atoms with E-state index in [0.29, 0.717) is 5.56 Å². The Balaban J connectivity index is 2.70. The average molecular weight is 204 g/mol. The van der Waals surface area contributed by atoms with E-state index in [-0.39, 0.29) is 18.0 Å². The van der Waals surface area contributed by atoms with E-state index in [1.165, 1.54) is 0 Å². The Bertz CT molecular complexity index is 379. The minimum Gasteiger partial charge on any atom is -0.423 e. The van der Waals surface area contributed by atoms with Gasteiger partial charge in [-0.1, -0.05) is 43.8 Å². The molecule has 0 amide bonds. The number of hydrogen-bond donors (Lipinski definition) is 0.